The molecule has 1 aliphatic carbocycles. The standard InChI is InChI=1S/C28H26O2S3/c1-19(29)21-3-7-23(8-4-21)31-25-11-15-27(16-12-25)33-28-17-13-26(14-18-28)32-24-9-5-22(6-10-24)20(2)30/h3-17,19,28-29H,18H2,1-2H3/p+1. The fourth-order valence-corrected chi connectivity index (χ4v) is 6.17. The van der Waals surface area contributed by atoms with Gasteiger partial charge >= 0.3 is 0 Å². The highest BCUT2D eigenvalue weighted by atomic mass is 32.2. The van der Waals surface area contributed by atoms with Gasteiger partial charge in [-0.15, -0.1) is 0 Å². The predicted molar refractivity (Wildman–Crippen MR) is 143 cm³/mol. The zero-order valence-corrected chi connectivity index (χ0v) is 21.2. The zero-order valence-electron chi connectivity index (χ0n) is 18.6. The highest BCUT2D eigenvalue weighted by Crippen LogP contribution is 2.32. The van der Waals surface area contributed by atoms with E-state index in [4.69, 9.17) is 0 Å². The SMILES string of the molecule is CC(=O)c1ccc(SC2=CCC([SH+]c3ccc(Sc4ccc(C(C)O)cc4)cc3)C=C2)cc1. The maximum Gasteiger partial charge on any atom is 0.159 e. The number of Topliss-reactive ketones (excluding diaryl/α,β-unsaturated/α-hetero) is 1. The summed E-state index contributed by atoms with van der Waals surface area (Å²) in [4.78, 5) is 17.5. The molecule has 5 heteroatoms. The van der Waals surface area contributed by atoms with E-state index in [0.29, 0.717) is 5.25 Å². The number of rotatable bonds is 8. The molecule has 2 atom stereocenters. The molecule has 1 N–H and O–H groups in total. The van der Waals surface area contributed by atoms with Crippen molar-refractivity contribution in [2.45, 2.75) is 51.2 Å². The minimum absolute atomic E-state index is 0.100. The largest absolute Gasteiger partial charge is 0.389 e. The number of allylic oxidation sites excluding steroid dienone is 2. The minimum Gasteiger partial charge on any atom is -0.389 e. The summed E-state index contributed by atoms with van der Waals surface area (Å²) in [6.45, 7) is 3.38. The van der Waals surface area contributed by atoms with Gasteiger partial charge in [-0.2, -0.15) is 0 Å². The van der Waals surface area contributed by atoms with Gasteiger partial charge in [0.15, 0.2) is 10.7 Å². The van der Waals surface area contributed by atoms with Gasteiger partial charge in [0.25, 0.3) is 0 Å². The molecule has 0 heterocycles. The van der Waals surface area contributed by atoms with Crippen LogP contribution in [0.5, 0.6) is 0 Å². The van der Waals surface area contributed by atoms with Gasteiger partial charge in [0.05, 0.1) is 6.10 Å². The number of aliphatic hydroxyl groups excluding tert-OH is 1. The summed E-state index contributed by atoms with van der Waals surface area (Å²) in [5.41, 5.74) is 1.69. The molecular formula is C28H27O2S3+. The van der Waals surface area contributed by atoms with Crippen molar-refractivity contribution in [3.63, 3.8) is 0 Å². The van der Waals surface area contributed by atoms with Crippen LogP contribution in [0.25, 0.3) is 0 Å². The third kappa shape index (κ3) is 6.90. The molecule has 2 nitrogen and oxygen atoms in total. The van der Waals surface area contributed by atoms with Crippen molar-refractivity contribution in [1.29, 1.82) is 0 Å². The van der Waals surface area contributed by atoms with Crippen LogP contribution in [-0.2, 0) is 11.8 Å². The molecule has 2 unspecified atom stereocenters. The number of thioether (sulfide) groups is 1. The van der Waals surface area contributed by atoms with E-state index in [2.05, 4.69) is 54.6 Å². The van der Waals surface area contributed by atoms with Gasteiger partial charge in [-0.1, -0.05) is 53.9 Å². The van der Waals surface area contributed by atoms with Crippen LogP contribution in [0.4, 0.5) is 0 Å². The van der Waals surface area contributed by atoms with E-state index in [1.807, 2.05) is 36.4 Å². The fraction of sp³-hybridized carbons (Fsp3) is 0.179. The van der Waals surface area contributed by atoms with Gasteiger partial charge in [0.2, 0.25) is 0 Å². The number of aliphatic hydroxyl groups is 1. The molecule has 0 saturated carbocycles. The lowest BCUT2D eigenvalue weighted by Gasteiger charge is -2.11. The molecule has 0 amide bonds. The first-order valence-electron chi connectivity index (χ1n) is 10.9. The van der Waals surface area contributed by atoms with Gasteiger partial charge in [0, 0.05) is 43.3 Å². The van der Waals surface area contributed by atoms with Crippen molar-refractivity contribution >= 4 is 41.1 Å². The summed E-state index contributed by atoms with van der Waals surface area (Å²) in [6.07, 6.45) is 7.42. The third-order valence-electron chi connectivity index (χ3n) is 5.29. The highest BCUT2D eigenvalue weighted by Gasteiger charge is 2.18. The molecule has 0 saturated heterocycles. The van der Waals surface area contributed by atoms with Crippen LogP contribution < -0.4 is 0 Å². The summed E-state index contributed by atoms with van der Waals surface area (Å²) >= 11 is 4.80. The second-order valence-corrected chi connectivity index (χ2v) is 11.7. The van der Waals surface area contributed by atoms with Gasteiger partial charge in [-0.3, -0.25) is 4.79 Å². The van der Waals surface area contributed by atoms with Gasteiger partial charge in [-0.25, -0.2) is 0 Å². The molecule has 0 aromatic heterocycles. The van der Waals surface area contributed by atoms with Gasteiger partial charge < -0.3 is 5.11 Å². The predicted octanol–water partition coefficient (Wildman–Crippen LogP) is 7.27. The Morgan fingerprint density at radius 1 is 0.909 bits per heavy atom. The second kappa shape index (κ2) is 11.3. The van der Waals surface area contributed by atoms with Crippen LogP contribution in [0.15, 0.2) is 116 Å². The van der Waals surface area contributed by atoms with Crippen LogP contribution >= 0.6 is 23.5 Å². The van der Waals surface area contributed by atoms with E-state index in [0.717, 1.165) is 22.4 Å². The smallest absolute Gasteiger partial charge is 0.159 e. The molecule has 0 bridgehead atoms. The van der Waals surface area contributed by atoms with Crippen LogP contribution in [-0.4, -0.2) is 16.1 Å². The first-order valence-corrected chi connectivity index (χ1v) is 13.5. The summed E-state index contributed by atoms with van der Waals surface area (Å²) in [7, 11) is 0. The van der Waals surface area contributed by atoms with E-state index < -0.39 is 6.10 Å². The van der Waals surface area contributed by atoms with E-state index >= 15 is 0 Å². The van der Waals surface area contributed by atoms with E-state index in [1.165, 1.54) is 31.4 Å². The molecule has 0 aliphatic heterocycles. The van der Waals surface area contributed by atoms with Crippen molar-refractivity contribution < 1.29 is 9.90 Å². The number of hydrogen-bond donors (Lipinski definition) is 1. The van der Waals surface area contributed by atoms with Crippen LogP contribution in [0.2, 0.25) is 0 Å². The Morgan fingerprint density at radius 3 is 2.03 bits per heavy atom. The Bertz CT molecular complexity index is 1150. The molecule has 168 valence electrons. The summed E-state index contributed by atoms with van der Waals surface area (Å²) < 4.78 is 0. The second-order valence-electron chi connectivity index (χ2n) is 7.92. The maximum absolute atomic E-state index is 11.4. The fourth-order valence-electron chi connectivity index (χ4n) is 3.40. The van der Waals surface area contributed by atoms with Crippen LogP contribution in [0.1, 0.15) is 42.3 Å². The Hall–Kier alpha value is -2.18. The molecule has 4 rings (SSSR count). The van der Waals surface area contributed by atoms with Gasteiger partial charge in [-0.05, 0) is 80.1 Å². The molecule has 3 aromatic rings. The molecule has 1 aliphatic rings. The van der Waals surface area contributed by atoms with Crippen LogP contribution in [0, 0.1) is 0 Å². The monoisotopic (exact) mass is 491 g/mol. The molecule has 3 aromatic carbocycles. The van der Waals surface area contributed by atoms with Crippen LogP contribution in [0.3, 0.4) is 0 Å². The third-order valence-corrected chi connectivity index (χ3v) is 8.66. The van der Waals surface area contributed by atoms with Gasteiger partial charge in [0.1, 0.15) is 5.25 Å². The lowest BCUT2D eigenvalue weighted by atomic mass is 10.1. The van der Waals surface area contributed by atoms with Crippen molar-refractivity contribution in [2.24, 2.45) is 0 Å². The first kappa shape index (κ1) is 24.0. The molecule has 0 spiro atoms. The summed E-state index contributed by atoms with van der Waals surface area (Å²) in [6, 6.07) is 24.7. The molecular weight excluding hydrogens is 465 g/mol. The molecule has 0 radical (unpaired) electrons. The lowest BCUT2D eigenvalue weighted by Crippen LogP contribution is -2.08. The van der Waals surface area contributed by atoms with Crippen molar-refractivity contribution in [3.05, 3.63) is 107 Å². The lowest BCUT2D eigenvalue weighted by molar-refractivity contribution is 0.101. The average Bonchev–Trinajstić information content (AvgIpc) is 2.82. The Kier molecular flexibility index (Phi) is 8.20. The van der Waals surface area contributed by atoms with Crippen molar-refractivity contribution in [3.8, 4) is 0 Å². The number of carbonyl (C=O) groups excluding carboxylic acids is 1. The number of thiol groups is 1. The average molecular weight is 492 g/mol. The van der Waals surface area contributed by atoms with E-state index in [-0.39, 0.29) is 5.78 Å². The topological polar surface area (TPSA) is 37.3 Å². The Morgan fingerprint density at radius 2 is 1.48 bits per heavy atom. The van der Waals surface area contributed by atoms with Crippen molar-refractivity contribution in [1.82, 2.24) is 0 Å². The van der Waals surface area contributed by atoms with Crippen molar-refractivity contribution in [2.75, 3.05) is 0 Å². The Labute approximate surface area is 208 Å². The number of hydrogen-bond acceptors (Lipinski definition) is 4. The van der Waals surface area contributed by atoms with E-state index in [9.17, 15) is 9.90 Å². The number of benzene rings is 3. The summed E-state index contributed by atoms with van der Waals surface area (Å²) in [5.74, 6) is 0.100. The first-order chi connectivity index (χ1) is 16.0. The quantitative estimate of drug-likeness (QED) is 0.204. The Balaban J connectivity index is 1.28. The maximum atomic E-state index is 11.4. The minimum atomic E-state index is -0.431. The number of ketones is 1. The summed E-state index contributed by atoms with van der Waals surface area (Å²) in [5, 5.41) is 10.1. The molecule has 33 heavy (non-hydrogen) atoms. The zero-order chi connectivity index (χ0) is 23.2. The van der Waals surface area contributed by atoms with E-state index in [1.54, 1.807) is 37.4 Å². The molecule has 0 fully saturated rings. The number of carbonyl (C=O) groups is 1. The normalized spacial score (nSPS) is 16.3. The highest BCUT2D eigenvalue weighted by molar-refractivity contribution is 8.03.